The summed E-state index contributed by atoms with van der Waals surface area (Å²) in [6.45, 7) is 3.91. The van der Waals surface area contributed by atoms with Crippen LogP contribution in [-0.4, -0.2) is 4.83 Å². The zero-order valence-corrected chi connectivity index (χ0v) is 10.1. The summed E-state index contributed by atoms with van der Waals surface area (Å²) in [6.07, 6.45) is 6.87. The fourth-order valence-corrected chi connectivity index (χ4v) is 1.02. The summed E-state index contributed by atoms with van der Waals surface area (Å²) >= 11 is 2.18. The average molecular weight is 265 g/mol. The highest BCUT2D eigenvalue weighted by Gasteiger charge is 2.18. The fourth-order valence-electron chi connectivity index (χ4n) is 0.908. The topological polar surface area (TPSA) is 0 Å². The Hall–Kier alpha value is -0.360. The lowest BCUT2D eigenvalue weighted by molar-refractivity contribution is 0.182. The molecule has 0 aliphatic heterocycles. The van der Waals surface area contributed by atoms with Crippen molar-refractivity contribution < 1.29 is 8.78 Å². The van der Waals surface area contributed by atoms with Crippen molar-refractivity contribution in [3.05, 3.63) is 12.2 Å². The van der Waals surface area contributed by atoms with Gasteiger partial charge in [-0.2, -0.15) is 8.78 Å². The molecule has 0 saturated heterocycles. The first kappa shape index (κ1) is 13.6. The summed E-state index contributed by atoms with van der Waals surface area (Å²) in [4.78, 5) is -3.04. The first-order valence-electron chi connectivity index (χ1n) is 4.70. The first-order valence-corrected chi connectivity index (χ1v) is 5.49. The van der Waals surface area contributed by atoms with Crippen LogP contribution in [0.15, 0.2) is 12.2 Å². The lowest BCUT2D eigenvalue weighted by Gasteiger charge is -2.01. The van der Waals surface area contributed by atoms with Crippen LogP contribution in [-0.2, 0) is 0 Å². The Morgan fingerprint density at radius 1 is 1.43 bits per heavy atom. The largest absolute Gasteiger partial charge is 0.363 e. The van der Waals surface area contributed by atoms with Gasteiger partial charge in [-0.1, -0.05) is 31.9 Å². The van der Waals surface area contributed by atoms with Crippen molar-refractivity contribution in [2.24, 2.45) is 5.92 Å². The average Bonchev–Trinajstić information content (AvgIpc) is 2.08. The summed E-state index contributed by atoms with van der Waals surface area (Å²) in [5.74, 6) is 4.40. The van der Waals surface area contributed by atoms with Gasteiger partial charge in [0.2, 0.25) is 0 Å². The molecule has 0 aromatic rings. The summed E-state index contributed by atoms with van der Waals surface area (Å²) in [5.41, 5.74) is 0. The Balaban J connectivity index is 3.79. The Morgan fingerprint density at radius 3 is 2.57 bits per heavy atom. The van der Waals surface area contributed by atoms with Gasteiger partial charge in [0.1, 0.15) is 0 Å². The third kappa shape index (κ3) is 9.73. The van der Waals surface area contributed by atoms with E-state index in [4.69, 9.17) is 0 Å². The summed E-state index contributed by atoms with van der Waals surface area (Å²) in [5, 5.41) is 0. The maximum absolute atomic E-state index is 12.3. The molecule has 1 unspecified atom stereocenters. The molecule has 0 radical (unpaired) electrons. The van der Waals surface area contributed by atoms with Gasteiger partial charge >= 0.3 is 4.83 Å². The van der Waals surface area contributed by atoms with E-state index in [0.717, 1.165) is 19.3 Å². The lowest BCUT2D eigenvalue weighted by Crippen LogP contribution is -2.00. The van der Waals surface area contributed by atoms with Crippen molar-refractivity contribution in [3.8, 4) is 11.8 Å². The monoisotopic (exact) mass is 264 g/mol. The van der Waals surface area contributed by atoms with Crippen molar-refractivity contribution in [2.75, 3.05) is 0 Å². The zero-order chi connectivity index (χ0) is 11.0. The Morgan fingerprint density at radius 2 is 2.07 bits per heavy atom. The SMILES string of the molecule is CC/C=C\CCC(C)C#CC(F)(F)Br. The molecule has 14 heavy (non-hydrogen) atoms. The normalized spacial score (nSPS) is 13.8. The van der Waals surface area contributed by atoms with E-state index in [2.05, 4.69) is 40.9 Å². The molecule has 0 amide bonds. The molecule has 0 aromatic heterocycles. The smallest absolute Gasteiger partial charge is 0.180 e. The number of hydrogen-bond acceptors (Lipinski definition) is 0. The van der Waals surface area contributed by atoms with Crippen LogP contribution >= 0.6 is 15.9 Å². The van der Waals surface area contributed by atoms with E-state index < -0.39 is 4.83 Å². The molecule has 3 heteroatoms. The van der Waals surface area contributed by atoms with Gasteiger partial charge in [0, 0.05) is 21.8 Å². The summed E-state index contributed by atoms with van der Waals surface area (Å²) in [7, 11) is 0. The number of hydrogen-bond donors (Lipinski definition) is 0. The molecule has 0 aliphatic carbocycles. The second kappa shape index (κ2) is 7.00. The van der Waals surface area contributed by atoms with Crippen molar-refractivity contribution >= 4 is 15.9 Å². The third-order valence-corrected chi connectivity index (χ3v) is 1.83. The fraction of sp³-hybridized carbons (Fsp3) is 0.636. The minimum Gasteiger partial charge on any atom is -0.180 e. The van der Waals surface area contributed by atoms with Crippen LogP contribution in [0.2, 0.25) is 0 Å². The predicted octanol–water partition coefficient (Wildman–Crippen LogP) is 4.36. The summed E-state index contributed by atoms with van der Waals surface area (Å²) in [6, 6.07) is 0. The molecule has 0 aliphatic rings. The van der Waals surface area contributed by atoms with Crippen LogP contribution in [0.25, 0.3) is 0 Å². The van der Waals surface area contributed by atoms with Gasteiger partial charge < -0.3 is 0 Å². The molecule has 0 rings (SSSR count). The first-order chi connectivity index (χ1) is 6.45. The predicted molar refractivity (Wildman–Crippen MR) is 59.5 cm³/mol. The third-order valence-electron chi connectivity index (χ3n) is 1.63. The van der Waals surface area contributed by atoms with Crippen LogP contribution in [0.3, 0.4) is 0 Å². The Labute approximate surface area is 92.9 Å². The van der Waals surface area contributed by atoms with E-state index in [0.29, 0.717) is 0 Å². The van der Waals surface area contributed by atoms with E-state index in [1.807, 2.05) is 12.8 Å². The molecule has 0 aromatic carbocycles. The van der Waals surface area contributed by atoms with Crippen molar-refractivity contribution in [3.63, 3.8) is 0 Å². The van der Waals surface area contributed by atoms with Gasteiger partial charge in [-0.25, -0.2) is 0 Å². The molecule has 0 fully saturated rings. The lowest BCUT2D eigenvalue weighted by atomic mass is 10.1. The molecule has 1 atom stereocenters. The van der Waals surface area contributed by atoms with E-state index in [-0.39, 0.29) is 5.92 Å². The maximum atomic E-state index is 12.3. The maximum Gasteiger partial charge on any atom is 0.363 e. The number of allylic oxidation sites excluding steroid dienone is 2. The van der Waals surface area contributed by atoms with E-state index in [1.54, 1.807) is 0 Å². The Bertz CT molecular complexity index is 230. The molecule has 0 bridgehead atoms. The van der Waals surface area contributed by atoms with Gasteiger partial charge in [-0.15, -0.1) is 0 Å². The minimum absolute atomic E-state index is 0.0138. The van der Waals surface area contributed by atoms with Crippen molar-refractivity contribution in [1.29, 1.82) is 0 Å². The van der Waals surface area contributed by atoms with Gasteiger partial charge in [-0.3, -0.25) is 0 Å². The van der Waals surface area contributed by atoms with Crippen LogP contribution in [0.1, 0.15) is 33.1 Å². The zero-order valence-electron chi connectivity index (χ0n) is 8.49. The van der Waals surface area contributed by atoms with Crippen molar-refractivity contribution in [1.82, 2.24) is 0 Å². The van der Waals surface area contributed by atoms with Crippen LogP contribution in [0, 0.1) is 17.8 Å². The number of rotatable bonds is 4. The van der Waals surface area contributed by atoms with Gasteiger partial charge in [0.25, 0.3) is 0 Å². The highest BCUT2D eigenvalue weighted by molar-refractivity contribution is 9.10. The van der Waals surface area contributed by atoms with Crippen LogP contribution in [0.5, 0.6) is 0 Å². The van der Waals surface area contributed by atoms with E-state index in [1.165, 1.54) is 0 Å². The quantitative estimate of drug-likeness (QED) is 0.402. The minimum atomic E-state index is -3.04. The second-order valence-corrected chi connectivity index (χ2v) is 4.12. The molecule has 0 spiro atoms. The van der Waals surface area contributed by atoms with Gasteiger partial charge in [-0.05, 0) is 25.2 Å². The number of halogens is 3. The van der Waals surface area contributed by atoms with Gasteiger partial charge in [0.05, 0.1) is 0 Å². The van der Waals surface area contributed by atoms with E-state index in [9.17, 15) is 8.78 Å². The summed E-state index contributed by atoms with van der Waals surface area (Å²) < 4.78 is 24.5. The standard InChI is InChI=1S/C11H15BrF2/c1-3-4-5-6-7-10(2)8-9-11(12,13)14/h4-5,10H,3,6-7H2,1-2H3/b5-4-. The second-order valence-electron chi connectivity index (χ2n) is 3.13. The molecule has 0 saturated carbocycles. The molecule has 0 heterocycles. The molecule has 0 nitrogen and oxygen atoms in total. The molecule has 80 valence electrons. The highest BCUT2D eigenvalue weighted by atomic mass is 79.9. The molecule has 0 N–H and O–H groups in total. The van der Waals surface area contributed by atoms with Crippen LogP contribution < -0.4 is 0 Å². The van der Waals surface area contributed by atoms with Gasteiger partial charge in [0.15, 0.2) is 0 Å². The van der Waals surface area contributed by atoms with Crippen LogP contribution in [0.4, 0.5) is 8.78 Å². The highest BCUT2D eigenvalue weighted by Crippen LogP contribution is 2.20. The molecular formula is C11H15BrF2. The molecular weight excluding hydrogens is 250 g/mol. The van der Waals surface area contributed by atoms with E-state index >= 15 is 0 Å². The van der Waals surface area contributed by atoms with Crippen molar-refractivity contribution in [2.45, 2.75) is 37.9 Å². The Kier molecular flexibility index (Phi) is 6.82. The number of alkyl halides is 3.